The van der Waals surface area contributed by atoms with Crippen molar-refractivity contribution in [3.63, 3.8) is 0 Å². The highest BCUT2D eigenvalue weighted by Gasteiger charge is 2.15. The Labute approximate surface area is 206 Å². The highest BCUT2D eigenvalue weighted by molar-refractivity contribution is 5.85. The van der Waals surface area contributed by atoms with Gasteiger partial charge in [-0.15, -0.1) is 0 Å². The number of rotatable bonds is 16. The van der Waals surface area contributed by atoms with Crippen LogP contribution in [0.4, 0.5) is 0 Å². The molecule has 0 aliphatic carbocycles. The molecule has 0 aliphatic heterocycles. The Hall–Kier alpha value is -2.62. The minimum atomic E-state index is 0.403. The van der Waals surface area contributed by atoms with Gasteiger partial charge < -0.3 is 5.11 Å². The van der Waals surface area contributed by atoms with Crippen LogP contribution in [-0.4, -0.2) is 20.5 Å². The maximum atomic E-state index is 11.1. The molecule has 0 saturated carbocycles. The third kappa shape index (κ3) is 8.00. The van der Waals surface area contributed by atoms with Crippen LogP contribution in [0.25, 0.3) is 22.4 Å². The summed E-state index contributed by atoms with van der Waals surface area (Å²) in [7, 11) is 0. The van der Waals surface area contributed by atoms with Gasteiger partial charge in [0.05, 0.1) is 6.20 Å². The SMILES string of the molecule is CCCCCCCCCCCCCCCc1cc(C)cc(-c2ccccc2-c2cn[nH]n2)c1O. The van der Waals surface area contributed by atoms with Crippen molar-refractivity contribution >= 4 is 0 Å². The molecule has 2 aromatic carbocycles. The zero-order chi connectivity index (χ0) is 24.0. The zero-order valence-electron chi connectivity index (χ0n) is 21.3. The lowest BCUT2D eigenvalue weighted by Crippen LogP contribution is -1.93. The molecule has 0 aliphatic rings. The molecule has 1 aromatic heterocycles. The molecule has 0 saturated heterocycles. The molecular weight excluding hydrogens is 418 g/mol. The maximum Gasteiger partial charge on any atom is 0.126 e. The second-order valence-corrected chi connectivity index (χ2v) is 9.71. The Bertz CT molecular complexity index is 965. The molecule has 0 atom stereocenters. The molecule has 0 bridgehead atoms. The van der Waals surface area contributed by atoms with Gasteiger partial charge in [0, 0.05) is 11.1 Å². The van der Waals surface area contributed by atoms with Crippen LogP contribution in [0.15, 0.2) is 42.6 Å². The molecule has 4 nitrogen and oxygen atoms in total. The number of aromatic hydroxyl groups is 1. The molecule has 0 spiro atoms. The van der Waals surface area contributed by atoms with Gasteiger partial charge in [0.25, 0.3) is 0 Å². The van der Waals surface area contributed by atoms with Gasteiger partial charge in [-0.2, -0.15) is 15.4 Å². The van der Waals surface area contributed by atoms with Crippen LogP contribution in [-0.2, 0) is 6.42 Å². The minimum Gasteiger partial charge on any atom is -0.507 e. The Morgan fingerprint density at radius 2 is 1.32 bits per heavy atom. The summed E-state index contributed by atoms with van der Waals surface area (Å²) in [6.45, 7) is 4.39. The molecule has 1 heterocycles. The van der Waals surface area contributed by atoms with Gasteiger partial charge >= 0.3 is 0 Å². The van der Waals surface area contributed by atoms with Crippen LogP contribution < -0.4 is 0 Å². The van der Waals surface area contributed by atoms with Crippen LogP contribution in [0, 0.1) is 6.92 Å². The summed E-state index contributed by atoms with van der Waals surface area (Å²) in [4.78, 5) is 0. The number of H-pyrrole nitrogens is 1. The average molecular weight is 462 g/mol. The lowest BCUT2D eigenvalue weighted by atomic mass is 9.92. The van der Waals surface area contributed by atoms with E-state index in [1.54, 1.807) is 6.20 Å². The lowest BCUT2D eigenvalue weighted by molar-refractivity contribution is 0.467. The van der Waals surface area contributed by atoms with Gasteiger partial charge in [-0.25, -0.2) is 0 Å². The summed E-state index contributed by atoms with van der Waals surface area (Å²) in [5, 5.41) is 22.0. The molecule has 0 amide bonds. The van der Waals surface area contributed by atoms with Crippen molar-refractivity contribution in [3.8, 4) is 28.1 Å². The van der Waals surface area contributed by atoms with Crippen LogP contribution in [0.3, 0.4) is 0 Å². The predicted molar refractivity (Wildman–Crippen MR) is 143 cm³/mol. The van der Waals surface area contributed by atoms with Crippen LogP contribution in [0.2, 0.25) is 0 Å². The number of nitrogens with one attached hydrogen (secondary N) is 1. The zero-order valence-corrected chi connectivity index (χ0v) is 21.3. The summed E-state index contributed by atoms with van der Waals surface area (Å²) in [6.07, 6.45) is 20.2. The van der Waals surface area contributed by atoms with Gasteiger partial charge in [-0.3, -0.25) is 0 Å². The van der Waals surface area contributed by atoms with E-state index < -0.39 is 0 Å². The number of hydrogen-bond acceptors (Lipinski definition) is 3. The number of benzene rings is 2. The predicted octanol–water partition coefficient (Wildman–Crippen LogP) is 8.79. The average Bonchev–Trinajstić information content (AvgIpc) is 3.39. The Balaban J connectivity index is 1.44. The third-order valence-electron chi connectivity index (χ3n) is 6.79. The summed E-state index contributed by atoms with van der Waals surface area (Å²) in [6, 6.07) is 12.3. The highest BCUT2D eigenvalue weighted by Crippen LogP contribution is 2.39. The van der Waals surface area contributed by atoms with E-state index in [0.717, 1.165) is 40.8 Å². The van der Waals surface area contributed by atoms with Crippen molar-refractivity contribution in [2.45, 2.75) is 104 Å². The number of hydrogen-bond donors (Lipinski definition) is 2. The molecule has 3 rings (SSSR count). The molecular formula is C30H43N3O. The van der Waals surface area contributed by atoms with E-state index in [-0.39, 0.29) is 0 Å². The fraction of sp³-hybridized carbons (Fsp3) is 0.533. The van der Waals surface area contributed by atoms with Gasteiger partial charge in [0.2, 0.25) is 0 Å². The number of aromatic nitrogens is 3. The van der Waals surface area contributed by atoms with Crippen molar-refractivity contribution in [2.24, 2.45) is 0 Å². The highest BCUT2D eigenvalue weighted by atomic mass is 16.3. The molecule has 0 radical (unpaired) electrons. The van der Waals surface area contributed by atoms with E-state index in [9.17, 15) is 5.11 Å². The van der Waals surface area contributed by atoms with E-state index in [0.29, 0.717) is 5.75 Å². The fourth-order valence-corrected chi connectivity index (χ4v) is 4.86. The molecule has 0 fully saturated rings. The molecule has 3 aromatic rings. The number of aryl methyl sites for hydroxylation is 2. The number of phenolic OH excluding ortho intramolecular Hbond substituents is 1. The van der Waals surface area contributed by atoms with Crippen LogP contribution in [0.1, 0.15) is 102 Å². The first kappa shape index (κ1) is 26.0. The van der Waals surface area contributed by atoms with Gasteiger partial charge in [-0.05, 0) is 42.5 Å². The number of phenols is 1. The summed E-state index contributed by atoms with van der Waals surface area (Å²) in [5.74, 6) is 0.403. The number of aromatic amines is 1. The van der Waals surface area contributed by atoms with Crippen molar-refractivity contribution in [2.75, 3.05) is 0 Å². The van der Waals surface area contributed by atoms with Crippen LogP contribution >= 0.6 is 0 Å². The lowest BCUT2D eigenvalue weighted by Gasteiger charge is -2.14. The van der Waals surface area contributed by atoms with Gasteiger partial charge in [-0.1, -0.05) is 114 Å². The Kier molecular flexibility index (Phi) is 11.2. The largest absolute Gasteiger partial charge is 0.507 e. The Morgan fingerprint density at radius 3 is 1.91 bits per heavy atom. The van der Waals surface area contributed by atoms with Crippen molar-refractivity contribution in [1.82, 2.24) is 15.4 Å². The maximum absolute atomic E-state index is 11.1. The minimum absolute atomic E-state index is 0.403. The number of nitrogens with zero attached hydrogens (tertiary/aromatic N) is 2. The van der Waals surface area contributed by atoms with Crippen molar-refractivity contribution in [1.29, 1.82) is 0 Å². The first-order chi connectivity index (χ1) is 16.7. The first-order valence-electron chi connectivity index (χ1n) is 13.5. The van der Waals surface area contributed by atoms with E-state index in [2.05, 4.69) is 41.4 Å². The second-order valence-electron chi connectivity index (χ2n) is 9.71. The van der Waals surface area contributed by atoms with Crippen molar-refractivity contribution < 1.29 is 5.11 Å². The van der Waals surface area contributed by atoms with Gasteiger partial charge in [0.15, 0.2) is 0 Å². The van der Waals surface area contributed by atoms with Gasteiger partial charge in [0.1, 0.15) is 11.4 Å². The quantitative estimate of drug-likeness (QED) is 0.209. The van der Waals surface area contributed by atoms with E-state index in [4.69, 9.17) is 0 Å². The fourth-order valence-electron chi connectivity index (χ4n) is 4.86. The standard InChI is InChI=1S/C30H43N3O/c1-3-4-5-6-7-8-9-10-11-12-13-14-15-18-25-21-24(2)22-28(30(25)34)26-19-16-17-20-27(26)29-23-31-33-32-29/h16-17,19-23,34H,3-15,18H2,1-2H3,(H,31,32,33). The third-order valence-corrected chi connectivity index (χ3v) is 6.79. The van der Waals surface area contributed by atoms with E-state index in [1.165, 1.54) is 82.6 Å². The molecule has 2 N–H and O–H groups in total. The summed E-state index contributed by atoms with van der Waals surface area (Å²) < 4.78 is 0. The topological polar surface area (TPSA) is 61.8 Å². The second kappa shape index (κ2) is 14.6. The van der Waals surface area contributed by atoms with Crippen LogP contribution in [0.5, 0.6) is 5.75 Å². The van der Waals surface area contributed by atoms with Crippen molar-refractivity contribution in [3.05, 3.63) is 53.7 Å². The number of unbranched alkanes of at least 4 members (excludes halogenated alkanes) is 12. The van der Waals surface area contributed by atoms with E-state index >= 15 is 0 Å². The molecule has 0 unspecified atom stereocenters. The normalized spacial score (nSPS) is 11.2. The first-order valence-corrected chi connectivity index (χ1v) is 13.5. The molecule has 184 valence electrons. The Morgan fingerprint density at radius 1 is 0.735 bits per heavy atom. The monoisotopic (exact) mass is 461 g/mol. The molecule has 34 heavy (non-hydrogen) atoms. The smallest absolute Gasteiger partial charge is 0.126 e. The molecule has 4 heteroatoms. The van der Waals surface area contributed by atoms with E-state index in [1.807, 2.05) is 24.3 Å². The summed E-state index contributed by atoms with van der Waals surface area (Å²) in [5.41, 5.74) is 5.85. The summed E-state index contributed by atoms with van der Waals surface area (Å²) >= 11 is 0.